The number of rotatable bonds is 7. The molecule has 1 heterocycles. The van der Waals surface area contributed by atoms with Gasteiger partial charge in [-0.25, -0.2) is 4.98 Å². The number of pyridine rings is 1. The van der Waals surface area contributed by atoms with E-state index in [4.69, 9.17) is 10.00 Å². The zero-order chi connectivity index (χ0) is 12.8. The van der Waals surface area contributed by atoms with Gasteiger partial charge in [0, 0.05) is 26.0 Å². The fourth-order valence-corrected chi connectivity index (χ4v) is 1.75. The van der Waals surface area contributed by atoms with Gasteiger partial charge in [-0.1, -0.05) is 0 Å². The normalized spacial score (nSPS) is 14.2. The van der Waals surface area contributed by atoms with Crippen LogP contribution in [0.2, 0.25) is 0 Å². The average molecular weight is 245 g/mol. The SMILES string of the molecule is Cc1ccnc(NCCCOCC2CC2)c1C#N. The third kappa shape index (κ3) is 3.71. The lowest BCUT2D eigenvalue weighted by molar-refractivity contribution is 0.124. The summed E-state index contributed by atoms with van der Waals surface area (Å²) in [7, 11) is 0. The second kappa shape index (κ2) is 6.36. The molecule has 0 bridgehead atoms. The van der Waals surface area contributed by atoms with Crippen molar-refractivity contribution < 1.29 is 4.74 Å². The number of nitrogens with one attached hydrogen (secondary N) is 1. The molecule has 0 saturated heterocycles. The predicted octanol–water partition coefficient (Wildman–Crippen LogP) is 2.49. The highest BCUT2D eigenvalue weighted by atomic mass is 16.5. The van der Waals surface area contributed by atoms with Crippen LogP contribution in [-0.2, 0) is 4.74 Å². The van der Waals surface area contributed by atoms with Crippen molar-refractivity contribution in [1.29, 1.82) is 5.26 Å². The van der Waals surface area contributed by atoms with Crippen LogP contribution in [0.3, 0.4) is 0 Å². The summed E-state index contributed by atoms with van der Waals surface area (Å²) < 4.78 is 5.55. The summed E-state index contributed by atoms with van der Waals surface area (Å²) in [6, 6.07) is 4.03. The molecule has 0 amide bonds. The third-order valence-corrected chi connectivity index (χ3v) is 3.08. The maximum Gasteiger partial charge on any atom is 0.144 e. The lowest BCUT2D eigenvalue weighted by Crippen LogP contribution is -2.09. The number of anilines is 1. The molecule has 1 saturated carbocycles. The molecule has 4 heteroatoms. The molecule has 1 fully saturated rings. The topological polar surface area (TPSA) is 57.9 Å². The van der Waals surface area contributed by atoms with E-state index in [0.29, 0.717) is 11.4 Å². The maximum atomic E-state index is 9.05. The first kappa shape index (κ1) is 12.8. The largest absolute Gasteiger partial charge is 0.381 e. The molecule has 0 unspecified atom stereocenters. The molecule has 18 heavy (non-hydrogen) atoms. The Hall–Kier alpha value is -1.60. The second-order valence-corrected chi connectivity index (χ2v) is 4.76. The molecule has 96 valence electrons. The van der Waals surface area contributed by atoms with Gasteiger partial charge in [-0.3, -0.25) is 0 Å². The Morgan fingerprint density at radius 3 is 3.11 bits per heavy atom. The minimum absolute atomic E-state index is 0.636. The minimum atomic E-state index is 0.636. The van der Waals surface area contributed by atoms with Crippen molar-refractivity contribution in [3.05, 3.63) is 23.4 Å². The zero-order valence-electron chi connectivity index (χ0n) is 10.8. The standard InChI is InChI=1S/C14H19N3O/c1-11-5-7-17-14(13(11)9-15)16-6-2-8-18-10-12-3-4-12/h5,7,12H,2-4,6,8,10H2,1H3,(H,16,17). The van der Waals surface area contributed by atoms with Crippen molar-refractivity contribution in [1.82, 2.24) is 4.98 Å². The molecule has 1 aromatic rings. The Balaban J connectivity index is 1.69. The van der Waals surface area contributed by atoms with Crippen LogP contribution in [0.15, 0.2) is 12.3 Å². The molecule has 1 aromatic heterocycles. The number of nitriles is 1. The van der Waals surface area contributed by atoms with E-state index in [1.165, 1.54) is 12.8 Å². The molecule has 0 radical (unpaired) electrons. The monoisotopic (exact) mass is 245 g/mol. The van der Waals surface area contributed by atoms with Gasteiger partial charge in [0.05, 0.1) is 5.56 Å². The van der Waals surface area contributed by atoms with Crippen LogP contribution in [0.1, 0.15) is 30.4 Å². The summed E-state index contributed by atoms with van der Waals surface area (Å²) in [4.78, 5) is 4.19. The predicted molar refractivity (Wildman–Crippen MR) is 70.3 cm³/mol. The minimum Gasteiger partial charge on any atom is -0.381 e. The van der Waals surface area contributed by atoms with Gasteiger partial charge in [0.1, 0.15) is 11.9 Å². The van der Waals surface area contributed by atoms with Crippen LogP contribution in [0.5, 0.6) is 0 Å². The van der Waals surface area contributed by atoms with Gasteiger partial charge in [0.15, 0.2) is 0 Å². The number of hydrogen-bond acceptors (Lipinski definition) is 4. The summed E-state index contributed by atoms with van der Waals surface area (Å²) in [5.41, 5.74) is 1.59. The first-order valence-corrected chi connectivity index (χ1v) is 6.48. The molecular weight excluding hydrogens is 226 g/mol. The van der Waals surface area contributed by atoms with Crippen molar-refractivity contribution in [2.75, 3.05) is 25.1 Å². The van der Waals surface area contributed by atoms with E-state index in [1.807, 2.05) is 13.0 Å². The van der Waals surface area contributed by atoms with Gasteiger partial charge >= 0.3 is 0 Å². The van der Waals surface area contributed by atoms with E-state index >= 15 is 0 Å². The van der Waals surface area contributed by atoms with Crippen molar-refractivity contribution >= 4 is 5.82 Å². The summed E-state index contributed by atoms with van der Waals surface area (Å²) in [5, 5.41) is 12.2. The van der Waals surface area contributed by atoms with Gasteiger partial charge in [0.2, 0.25) is 0 Å². The van der Waals surface area contributed by atoms with E-state index in [9.17, 15) is 0 Å². The van der Waals surface area contributed by atoms with Crippen molar-refractivity contribution in [3.63, 3.8) is 0 Å². The van der Waals surface area contributed by atoms with E-state index < -0.39 is 0 Å². The molecule has 1 N–H and O–H groups in total. The number of ether oxygens (including phenoxy) is 1. The smallest absolute Gasteiger partial charge is 0.144 e. The van der Waals surface area contributed by atoms with Crippen LogP contribution < -0.4 is 5.32 Å². The Morgan fingerprint density at radius 2 is 2.39 bits per heavy atom. The van der Waals surface area contributed by atoms with Gasteiger partial charge < -0.3 is 10.1 Å². The molecule has 0 atom stereocenters. The molecule has 0 spiro atoms. The van der Waals surface area contributed by atoms with E-state index in [0.717, 1.165) is 37.7 Å². The van der Waals surface area contributed by atoms with Crippen LogP contribution in [-0.4, -0.2) is 24.7 Å². The van der Waals surface area contributed by atoms with E-state index in [1.54, 1.807) is 6.20 Å². The van der Waals surface area contributed by atoms with E-state index in [-0.39, 0.29) is 0 Å². The number of nitrogens with zero attached hydrogens (tertiary/aromatic N) is 2. The molecule has 1 aliphatic carbocycles. The molecule has 0 aromatic carbocycles. The molecule has 0 aliphatic heterocycles. The summed E-state index contributed by atoms with van der Waals surface area (Å²) in [5.74, 6) is 1.50. The zero-order valence-corrected chi connectivity index (χ0v) is 10.8. The van der Waals surface area contributed by atoms with Crippen LogP contribution in [0.25, 0.3) is 0 Å². The lowest BCUT2D eigenvalue weighted by Gasteiger charge is -2.08. The van der Waals surface area contributed by atoms with Crippen molar-refractivity contribution in [3.8, 4) is 6.07 Å². The van der Waals surface area contributed by atoms with Crippen LogP contribution >= 0.6 is 0 Å². The average Bonchev–Trinajstić information content (AvgIpc) is 3.18. The first-order chi connectivity index (χ1) is 8.81. The van der Waals surface area contributed by atoms with Crippen molar-refractivity contribution in [2.24, 2.45) is 5.92 Å². The number of aromatic nitrogens is 1. The quantitative estimate of drug-likeness (QED) is 0.750. The highest BCUT2D eigenvalue weighted by molar-refractivity contribution is 5.55. The number of aryl methyl sites for hydroxylation is 1. The lowest BCUT2D eigenvalue weighted by atomic mass is 10.1. The third-order valence-electron chi connectivity index (χ3n) is 3.08. The Labute approximate surface area is 108 Å². The highest BCUT2D eigenvalue weighted by Crippen LogP contribution is 2.28. The highest BCUT2D eigenvalue weighted by Gasteiger charge is 2.20. The van der Waals surface area contributed by atoms with Gasteiger partial charge in [-0.05, 0) is 43.7 Å². The molecular formula is C14H19N3O. The Bertz CT molecular complexity index is 435. The fourth-order valence-electron chi connectivity index (χ4n) is 1.75. The van der Waals surface area contributed by atoms with Crippen molar-refractivity contribution in [2.45, 2.75) is 26.2 Å². The molecule has 4 nitrogen and oxygen atoms in total. The van der Waals surface area contributed by atoms with E-state index in [2.05, 4.69) is 16.4 Å². The Morgan fingerprint density at radius 1 is 1.56 bits per heavy atom. The van der Waals surface area contributed by atoms with Crippen LogP contribution in [0.4, 0.5) is 5.82 Å². The summed E-state index contributed by atoms with van der Waals surface area (Å²) >= 11 is 0. The van der Waals surface area contributed by atoms with Gasteiger partial charge in [-0.2, -0.15) is 5.26 Å². The fraction of sp³-hybridized carbons (Fsp3) is 0.571. The maximum absolute atomic E-state index is 9.05. The second-order valence-electron chi connectivity index (χ2n) is 4.76. The molecule has 1 aliphatic rings. The molecule has 2 rings (SSSR count). The van der Waals surface area contributed by atoms with Crippen LogP contribution in [0, 0.1) is 24.2 Å². The van der Waals surface area contributed by atoms with Gasteiger partial charge in [-0.15, -0.1) is 0 Å². The number of hydrogen-bond donors (Lipinski definition) is 1. The summed E-state index contributed by atoms with van der Waals surface area (Å²) in [6.07, 6.45) is 5.32. The summed E-state index contributed by atoms with van der Waals surface area (Å²) in [6.45, 7) is 4.39. The van der Waals surface area contributed by atoms with Gasteiger partial charge in [0.25, 0.3) is 0 Å². The Kier molecular flexibility index (Phi) is 4.54. The first-order valence-electron chi connectivity index (χ1n) is 6.48.